The van der Waals surface area contributed by atoms with Crippen LogP contribution in [0.2, 0.25) is 0 Å². The minimum atomic E-state index is 0.614. The SMILES string of the molecule is CC(C)N(CCN)C(C)C.CCCCN(CCN)CCCC. The Labute approximate surface area is 140 Å². The molecule has 0 aromatic rings. The molecule has 4 heteroatoms. The molecule has 0 heterocycles. The minimum Gasteiger partial charge on any atom is -0.329 e. The number of nitrogens with two attached hydrogens (primary N) is 2. The van der Waals surface area contributed by atoms with Crippen LogP contribution in [0.1, 0.15) is 67.2 Å². The van der Waals surface area contributed by atoms with Crippen molar-refractivity contribution in [3.63, 3.8) is 0 Å². The largest absolute Gasteiger partial charge is 0.329 e. The molecule has 0 unspecified atom stereocenters. The quantitative estimate of drug-likeness (QED) is 0.581. The first kappa shape index (κ1) is 24.1. The van der Waals surface area contributed by atoms with E-state index in [1.165, 1.54) is 38.8 Å². The maximum atomic E-state index is 5.53. The first-order valence-corrected chi connectivity index (χ1v) is 9.32. The second-order valence-corrected chi connectivity index (χ2v) is 6.55. The summed E-state index contributed by atoms with van der Waals surface area (Å²) in [6.45, 7) is 19.4. The average Bonchev–Trinajstić information content (AvgIpc) is 2.47. The number of hydrogen-bond acceptors (Lipinski definition) is 4. The molecular formula is C18H44N4. The molecule has 0 amide bonds. The summed E-state index contributed by atoms with van der Waals surface area (Å²) < 4.78 is 0. The van der Waals surface area contributed by atoms with Gasteiger partial charge in [-0.25, -0.2) is 0 Å². The molecule has 4 nitrogen and oxygen atoms in total. The van der Waals surface area contributed by atoms with Crippen molar-refractivity contribution < 1.29 is 0 Å². The Hall–Kier alpha value is -0.160. The smallest absolute Gasteiger partial charge is 0.0110 e. The van der Waals surface area contributed by atoms with E-state index in [0.29, 0.717) is 12.1 Å². The summed E-state index contributed by atoms with van der Waals surface area (Å²) in [6.07, 6.45) is 5.19. The molecule has 0 saturated carbocycles. The molecule has 0 rings (SSSR count). The number of hydrogen-bond donors (Lipinski definition) is 2. The van der Waals surface area contributed by atoms with E-state index < -0.39 is 0 Å². The van der Waals surface area contributed by atoms with Crippen LogP contribution in [0.15, 0.2) is 0 Å². The summed E-state index contributed by atoms with van der Waals surface area (Å²) in [5.74, 6) is 0. The van der Waals surface area contributed by atoms with Crippen LogP contribution in [0.4, 0.5) is 0 Å². The van der Waals surface area contributed by atoms with Gasteiger partial charge in [0.1, 0.15) is 0 Å². The summed E-state index contributed by atoms with van der Waals surface area (Å²) in [4.78, 5) is 4.87. The summed E-state index contributed by atoms with van der Waals surface area (Å²) in [6, 6.07) is 1.23. The van der Waals surface area contributed by atoms with Gasteiger partial charge >= 0.3 is 0 Å². The Bertz CT molecular complexity index is 191. The van der Waals surface area contributed by atoms with Gasteiger partial charge in [-0.05, 0) is 53.6 Å². The van der Waals surface area contributed by atoms with Gasteiger partial charge in [-0.2, -0.15) is 0 Å². The highest BCUT2D eigenvalue weighted by Crippen LogP contribution is 2.02. The highest BCUT2D eigenvalue weighted by Gasteiger charge is 2.10. The lowest BCUT2D eigenvalue weighted by molar-refractivity contribution is 0.180. The molecule has 22 heavy (non-hydrogen) atoms. The third-order valence-electron chi connectivity index (χ3n) is 3.81. The van der Waals surface area contributed by atoms with Crippen molar-refractivity contribution in [3.05, 3.63) is 0 Å². The molecule has 0 atom stereocenters. The van der Waals surface area contributed by atoms with Gasteiger partial charge in [0, 0.05) is 38.3 Å². The Kier molecular flexibility index (Phi) is 18.8. The molecule has 0 aliphatic rings. The summed E-state index contributed by atoms with van der Waals surface area (Å²) in [5.41, 5.74) is 11.0. The fourth-order valence-electron chi connectivity index (χ4n) is 2.54. The second kappa shape index (κ2) is 17.2. The lowest BCUT2D eigenvalue weighted by Gasteiger charge is -2.29. The number of unbranched alkanes of at least 4 members (excludes halogenated alkanes) is 2. The summed E-state index contributed by atoms with van der Waals surface area (Å²) in [5, 5.41) is 0. The zero-order valence-electron chi connectivity index (χ0n) is 16.3. The van der Waals surface area contributed by atoms with E-state index in [1.807, 2.05) is 0 Å². The van der Waals surface area contributed by atoms with Crippen LogP contribution in [0.3, 0.4) is 0 Å². The van der Waals surface area contributed by atoms with E-state index in [0.717, 1.165) is 26.2 Å². The Balaban J connectivity index is 0. The molecule has 136 valence electrons. The monoisotopic (exact) mass is 316 g/mol. The molecular weight excluding hydrogens is 272 g/mol. The van der Waals surface area contributed by atoms with Crippen molar-refractivity contribution in [3.8, 4) is 0 Å². The third-order valence-corrected chi connectivity index (χ3v) is 3.81. The van der Waals surface area contributed by atoms with Crippen molar-refractivity contribution in [1.29, 1.82) is 0 Å². The molecule has 0 saturated heterocycles. The molecule has 0 spiro atoms. The predicted octanol–water partition coefficient (Wildman–Crippen LogP) is 2.91. The molecule has 0 aromatic carbocycles. The lowest BCUT2D eigenvalue weighted by atomic mass is 10.2. The standard InChI is InChI=1S/C10H24N2.C8H20N2/c1-3-5-8-12(10-7-11)9-6-4-2;1-7(2)10(6-5-9)8(3)4/h3-11H2,1-2H3;7-8H,5-6,9H2,1-4H3. The Morgan fingerprint density at radius 2 is 1.09 bits per heavy atom. The first-order chi connectivity index (χ1) is 10.4. The van der Waals surface area contributed by atoms with E-state index in [4.69, 9.17) is 11.5 Å². The molecule has 0 radical (unpaired) electrons. The van der Waals surface area contributed by atoms with E-state index in [2.05, 4.69) is 51.3 Å². The van der Waals surface area contributed by atoms with Crippen LogP contribution in [0.25, 0.3) is 0 Å². The predicted molar refractivity (Wildman–Crippen MR) is 101 cm³/mol. The van der Waals surface area contributed by atoms with Gasteiger partial charge in [0.05, 0.1) is 0 Å². The van der Waals surface area contributed by atoms with Crippen molar-refractivity contribution in [2.75, 3.05) is 39.3 Å². The zero-order chi connectivity index (χ0) is 17.4. The van der Waals surface area contributed by atoms with E-state index in [-0.39, 0.29) is 0 Å². The zero-order valence-corrected chi connectivity index (χ0v) is 16.3. The van der Waals surface area contributed by atoms with Crippen LogP contribution < -0.4 is 11.5 Å². The van der Waals surface area contributed by atoms with Crippen molar-refractivity contribution >= 4 is 0 Å². The molecule has 0 aliphatic heterocycles. The van der Waals surface area contributed by atoms with Gasteiger partial charge in [-0.1, -0.05) is 26.7 Å². The summed E-state index contributed by atoms with van der Waals surface area (Å²) >= 11 is 0. The number of nitrogens with zero attached hydrogens (tertiary/aromatic N) is 2. The second-order valence-electron chi connectivity index (χ2n) is 6.55. The van der Waals surface area contributed by atoms with Crippen LogP contribution in [-0.2, 0) is 0 Å². The van der Waals surface area contributed by atoms with E-state index in [1.54, 1.807) is 0 Å². The van der Waals surface area contributed by atoms with Crippen LogP contribution in [-0.4, -0.2) is 61.2 Å². The van der Waals surface area contributed by atoms with Crippen LogP contribution >= 0.6 is 0 Å². The van der Waals surface area contributed by atoms with Gasteiger partial charge in [0.15, 0.2) is 0 Å². The number of rotatable bonds is 12. The fourth-order valence-corrected chi connectivity index (χ4v) is 2.54. The topological polar surface area (TPSA) is 58.5 Å². The van der Waals surface area contributed by atoms with Crippen LogP contribution in [0.5, 0.6) is 0 Å². The molecule has 0 bridgehead atoms. The van der Waals surface area contributed by atoms with Crippen molar-refractivity contribution in [1.82, 2.24) is 9.80 Å². The van der Waals surface area contributed by atoms with Gasteiger partial charge in [-0.3, -0.25) is 4.90 Å². The minimum absolute atomic E-state index is 0.614. The molecule has 0 fully saturated rings. The van der Waals surface area contributed by atoms with Gasteiger partial charge in [-0.15, -0.1) is 0 Å². The molecule has 0 aliphatic carbocycles. The van der Waals surface area contributed by atoms with Crippen molar-refractivity contribution in [2.45, 2.75) is 79.3 Å². The van der Waals surface area contributed by atoms with Gasteiger partial charge in [0.2, 0.25) is 0 Å². The molecule has 4 N–H and O–H groups in total. The maximum absolute atomic E-state index is 5.53. The maximum Gasteiger partial charge on any atom is 0.0110 e. The fraction of sp³-hybridized carbons (Fsp3) is 1.00. The van der Waals surface area contributed by atoms with E-state index in [9.17, 15) is 0 Å². The molecule has 0 aromatic heterocycles. The Morgan fingerprint density at radius 1 is 0.682 bits per heavy atom. The Morgan fingerprint density at radius 3 is 1.32 bits per heavy atom. The van der Waals surface area contributed by atoms with Crippen molar-refractivity contribution in [2.24, 2.45) is 11.5 Å². The first-order valence-electron chi connectivity index (χ1n) is 9.32. The van der Waals surface area contributed by atoms with Gasteiger partial charge < -0.3 is 16.4 Å². The van der Waals surface area contributed by atoms with Crippen LogP contribution in [0, 0.1) is 0 Å². The third kappa shape index (κ3) is 14.8. The van der Waals surface area contributed by atoms with Gasteiger partial charge in [0.25, 0.3) is 0 Å². The normalized spacial score (nSPS) is 11.5. The lowest BCUT2D eigenvalue weighted by Crippen LogP contribution is -2.40. The average molecular weight is 317 g/mol. The van der Waals surface area contributed by atoms with E-state index >= 15 is 0 Å². The highest BCUT2D eigenvalue weighted by atomic mass is 15.2. The summed E-state index contributed by atoms with van der Waals surface area (Å²) in [7, 11) is 0. The highest BCUT2D eigenvalue weighted by molar-refractivity contribution is 4.66.